The van der Waals surface area contributed by atoms with E-state index in [2.05, 4.69) is 26.3 Å². The molecule has 2 fully saturated rings. The van der Waals surface area contributed by atoms with E-state index in [-0.39, 0.29) is 31.7 Å². The first-order valence-electron chi connectivity index (χ1n) is 15.8. The minimum atomic E-state index is -1.49. The third kappa shape index (κ3) is 8.17. The molecule has 5 atom stereocenters. The standard InChI is InChI=1S/C33H40N6O7S/c1-18(2)13-23-29(42)36-24(14-19-17-34-22-9-4-3-8-21(19)22)30(43)38-26(16-28(40)41)33(46)39-11-5-10-27(39)32(45)37-25(31(44)35-23)15-20-7-6-12-47-20/h3-4,6-9,12,17-18,23-27,34H,5,10-11,13-16H2,1-2H3,(H,35,44)(H,36,42)(H,37,45)(H,38,43)(H,40,41)/t23-,24+,25-,26+,27-/m0/s1. The van der Waals surface area contributed by atoms with Crippen LogP contribution in [-0.2, 0) is 41.6 Å². The number of aromatic nitrogens is 1. The van der Waals surface area contributed by atoms with Crippen LogP contribution >= 0.6 is 11.3 Å². The lowest BCUT2D eigenvalue weighted by atomic mass is 10.00. The molecule has 4 heterocycles. The van der Waals surface area contributed by atoms with Crippen LogP contribution in [0.4, 0.5) is 0 Å². The minimum Gasteiger partial charge on any atom is -0.481 e. The molecule has 5 amide bonds. The second kappa shape index (κ2) is 14.8. The zero-order chi connectivity index (χ0) is 33.7. The number of para-hydroxylation sites is 1. The van der Waals surface area contributed by atoms with Gasteiger partial charge in [0.2, 0.25) is 29.5 Å². The Balaban J connectivity index is 1.54. The molecule has 13 nitrogen and oxygen atoms in total. The largest absolute Gasteiger partial charge is 0.481 e. The van der Waals surface area contributed by atoms with Crippen LogP contribution < -0.4 is 21.3 Å². The maximum Gasteiger partial charge on any atom is 0.305 e. The monoisotopic (exact) mass is 664 g/mol. The van der Waals surface area contributed by atoms with Gasteiger partial charge in [0.05, 0.1) is 6.42 Å². The summed E-state index contributed by atoms with van der Waals surface area (Å²) >= 11 is 1.42. The molecule has 0 unspecified atom stereocenters. The van der Waals surface area contributed by atoms with Crippen molar-refractivity contribution in [3.8, 4) is 0 Å². The van der Waals surface area contributed by atoms with E-state index in [1.165, 1.54) is 16.2 Å². The number of carboxylic acid groups (broad SMARTS) is 1. The van der Waals surface area contributed by atoms with Crippen LogP contribution in [0, 0.1) is 5.92 Å². The molecule has 2 saturated heterocycles. The number of thiophene rings is 1. The number of benzene rings is 1. The quantitative estimate of drug-likeness (QED) is 0.210. The zero-order valence-electron chi connectivity index (χ0n) is 26.3. The van der Waals surface area contributed by atoms with Crippen molar-refractivity contribution < 1.29 is 33.9 Å². The number of carbonyl (C=O) groups is 6. The SMILES string of the molecule is CC(C)C[C@@H]1NC(=O)[C@H](Cc2cccs2)NC(=O)[C@@H]2CCCN2C(=O)[C@@H](CC(=O)O)NC(=O)[C@@H](Cc2c[nH]c3ccccc23)NC1=O. The predicted molar refractivity (Wildman–Crippen MR) is 174 cm³/mol. The molecule has 14 heteroatoms. The third-order valence-corrected chi connectivity index (χ3v) is 9.42. The average molecular weight is 665 g/mol. The number of nitrogens with one attached hydrogen (secondary N) is 5. The lowest BCUT2D eigenvalue weighted by molar-refractivity contribution is -0.146. The highest BCUT2D eigenvalue weighted by molar-refractivity contribution is 7.09. The van der Waals surface area contributed by atoms with E-state index in [4.69, 9.17) is 0 Å². The maximum absolute atomic E-state index is 13.9. The summed E-state index contributed by atoms with van der Waals surface area (Å²) in [5.74, 6) is -4.58. The lowest BCUT2D eigenvalue weighted by Gasteiger charge is -2.29. The van der Waals surface area contributed by atoms with Gasteiger partial charge >= 0.3 is 5.97 Å². The number of nitrogens with zero attached hydrogens (tertiary/aromatic N) is 1. The Bertz CT molecular complexity index is 1640. The molecule has 3 aromatic rings. The summed E-state index contributed by atoms with van der Waals surface area (Å²) in [6, 6.07) is 5.34. The summed E-state index contributed by atoms with van der Waals surface area (Å²) in [6.07, 6.45) is 2.22. The van der Waals surface area contributed by atoms with Crippen molar-refractivity contribution in [3.05, 3.63) is 58.4 Å². The normalized spacial score (nSPS) is 24.6. The number of carboxylic acids is 1. The van der Waals surface area contributed by atoms with Crippen LogP contribution in [0.2, 0.25) is 0 Å². The van der Waals surface area contributed by atoms with Crippen LogP contribution in [0.1, 0.15) is 50.0 Å². The molecule has 5 rings (SSSR count). The van der Waals surface area contributed by atoms with Crippen LogP contribution in [0.3, 0.4) is 0 Å². The summed E-state index contributed by atoms with van der Waals surface area (Å²) in [6.45, 7) is 3.97. The van der Waals surface area contributed by atoms with Crippen LogP contribution in [0.15, 0.2) is 48.0 Å². The van der Waals surface area contributed by atoms with Gasteiger partial charge in [-0.15, -0.1) is 11.3 Å². The van der Waals surface area contributed by atoms with Crippen molar-refractivity contribution in [2.45, 2.75) is 82.6 Å². The highest BCUT2D eigenvalue weighted by Gasteiger charge is 2.41. The number of rotatable bonds is 8. The minimum absolute atomic E-state index is 0.0191. The van der Waals surface area contributed by atoms with Crippen molar-refractivity contribution in [2.75, 3.05) is 6.54 Å². The average Bonchev–Trinajstić information content (AvgIpc) is 3.80. The van der Waals surface area contributed by atoms with Crippen LogP contribution in [0.25, 0.3) is 10.9 Å². The molecule has 47 heavy (non-hydrogen) atoms. The van der Waals surface area contributed by atoms with Crippen molar-refractivity contribution in [1.82, 2.24) is 31.2 Å². The predicted octanol–water partition coefficient (Wildman–Crippen LogP) is 1.48. The van der Waals surface area contributed by atoms with Gasteiger partial charge in [0.1, 0.15) is 30.2 Å². The Morgan fingerprint density at radius 3 is 2.23 bits per heavy atom. The van der Waals surface area contributed by atoms with E-state index >= 15 is 0 Å². The molecule has 0 aliphatic carbocycles. The second-order valence-electron chi connectivity index (χ2n) is 12.5. The van der Waals surface area contributed by atoms with Gasteiger partial charge in [-0.1, -0.05) is 38.1 Å². The molecule has 1 aromatic carbocycles. The van der Waals surface area contributed by atoms with E-state index < -0.39 is 72.1 Å². The Labute approximate surface area is 275 Å². The van der Waals surface area contributed by atoms with E-state index in [1.807, 2.05) is 55.6 Å². The van der Waals surface area contributed by atoms with Crippen molar-refractivity contribution >= 4 is 57.7 Å². The van der Waals surface area contributed by atoms with Gasteiger partial charge < -0.3 is 36.3 Å². The van der Waals surface area contributed by atoms with Gasteiger partial charge in [-0.25, -0.2) is 0 Å². The Hall–Kier alpha value is -4.72. The van der Waals surface area contributed by atoms with Crippen molar-refractivity contribution in [2.24, 2.45) is 5.92 Å². The molecule has 250 valence electrons. The summed E-state index contributed by atoms with van der Waals surface area (Å²) < 4.78 is 0. The Morgan fingerprint density at radius 2 is 1.53 bits per heavy atom. The van der Waals surface area contributed by atoms with E-state index in [0.717, 1.165) is 21.3 Å². The topological polar surface area (TPSA) is 190 Å². The Morgan fingerprint density at radius 1 is 0.872 bits per heavy atom. The van der Waals surface area contributed by atoms with Crippen molar-refractivity contribution in [1.29, 1.82) is 0 Å². The second-order valence-corrected chi connectivity index (χ2v) is 13.5. The molecular formula is C33H40N6O7S. The fourth-order valence-corrected chi connectivity index (χ4v) is 6.99. The van der Waals surface area contributed by atoms with Crippen molar-refractivity contribution in [3.63, 3.8) is 0 Å². The first-order valence-corrected chi connectivity index (χ1v) is 16.7. The molecule has 2 aromatic heterocycles. The highest BCUT2D eigenvalue weighted by Crippen LogP contribution is 2.22. The molecular weight excluding hydrogens is 624 g/mol. The van der Waals surface area contributed by atoms with Crippen LogP contribution in [0.5, 0.6) is 0 Å². The van der Waals surface area contributed by atoms with Gasteiger partial charge in [-0.05, 0) is 48.3 Å². The van der Waals surface area contributed by atoms with Gasteiger partial charge in [0.15, 0.2) is 0 Å². The fourth-order valence-electron chi connectivity index (χ4n) is 6.23. The highest BCUT2D eigenvalue weighted by atomic mass is 32.1. The van der Waals surface area contributed by atoms with Gasteiger partial charge in [-0.3, -0.25) is 28.8 Å². The molecule has 2 aliphatic heterocycles. The lowest BCUT2D eigenvalue weighted by Crippen LogP contribution is -2.58. The molecule has 0 radical (unpaired) electrons. The summed E-state index contributed by atoms with van der Waals surface area (Å²) in [5.41, 5.74) is 1.54. The number of aliphatic carboxylic acids is 1. The third-order valence-electron chi connectivity index (χ3n) is 8.52. The summed E-state index contributed by atoms with van der Waals surface area (Å²) in [4.78, 5) is 86.2. The molecule has 0 spiro atoms. The molecule has 0 bridgehead atoms. The number of fused-ring (bicyclic) bond motifs is 2. The van der Waals surface area contributed by atoms with Crippen LogP contribution in [-0.4, -0.2) is 87.2 Å². The fraction of sp³-hybridized carbons (Fsp3) is 0.455. The van der Waals surface area contributed by atoms with E-state index in [0.29, 0.717) is 12.8 Å². The van der Waals surface area contributed by atoms with Gasteiger partial charge in [0, 0.05) is 41.4 Å². The molecule has 2 aliphatic rings. The smallest absolute Gasteiger partial charge is 0.305 e. The summed E-state index contributed by atoms with van der Waals surface area (Å²) in [5, 5.41) is 23.4. The summed E-state index contributed by atoms with van der Waals surface area (Å²) in [7, 11) is 0. The number of hydrogen-bond acceptors (Lipinski definition) is 7. The molecule has 0 saturated carbocycles. The van der Waals surface area contributed by atoms with E-state index in [9.17, 15) is 33.9 Å². The van der Waals surface area contributed by atoms with Gasteiger partial charge in [-0.2, -0.15) is 0 Å². The number of aromatic amines is 1. The number of H-pyrrole nitrogens is 1. The first kappa shape index (κ1) is 33.6. The number of hydrogen-bond donors (Lipinski definition) is 6. The van der Waals surface area contributed by atoms with Gasteiger partial charge in [0.25, 0.3) is 0 Å². The zero-order valence-corrected chi connectivity index (χ0v) is 27.1. The first-order chi connectivity index (χ1) is 22.5. The number of amides is 5. The van der Waals surface area contributed by atoms with E-state index in [1.54, 1.807) is 6.20 Å². The maximum atomic E-state index is 13.9. The molecule has 6 N–H and O–H groups in total. The number of carbonyl (C=O) groups excluding carboxylic acids is 5. The Kier molecular flexibility index (Phi) is 10.6.